The van der Waals surface area contributed by atoms with Crippen molar-refractivity contribution in [3.8, 4) is 0 Å². The number of benzene rings is 1. The van der Waals surface area contributed by atoms with E-state index >= 15 is 0 Å². The molecule has 0 amide bonds. The van der Waals surface area contributed by atoms with Crippen LogP contribution in [0.5, 0.6) is 0 Å². The van der Waals surface area contributed by atoms with Crippen molar-refractivity contribution < 1.29 is 4.52 Å². The van der Waals surface area contributed by atoms with Gasteiger partial charge in [-0.1, -0.05) is 35.5 Å². The van der Waals surface area contributed by atoms with Crippen molar-refractivity contribution in [2.75, 3.05) is 13.1 Å². The van der Waals surface area contributed by atoms with Crippen molar-refractivity contribution in [1.29, 1.82) is 0 Å². The van der Waals surface area contributed by atoms with E-state index in [1.807, 2.05) is 13.0 Å². The van der Waals surface area contributed by atoms with Crippen molar-refractivity contribution in [3.05, 3.63) is 53.4 Å². The molecule has 3 rings (SSSR count). The van der Waals surface area contributed by atoms with Crippen LogP contribution in [0.4, 0.5) is 0 Å². The normalized spacial score (nSPS) is 26.9. The van der Waals surface area contributed by atoms with Crippen LogP contribution in [0.2, 0.25) is 0 Å². The Morgan fingerprint density at radius 2 is 2.14 bits per heavy atom. The minimum atomic E-state index is -0.0213. The van der Waals surface area contributed by atoms with E-state index in [-0.39, 0.29) is 5.54 Å². The first-order chi connectivity index (χ1) is 10.1. The highest BCUT2D eigenvalue weighted by atomic mass is 16.5. The van der Waals surface area contributed by atoms with E-state index in [4.69, 9.17) is 4.52 Å². The average Bonchev–Trinajstić information content (AvgIpc) is 2.89. The SMILES string of the molecule is Cc1cc(CN2CC(C)(c3ccccc3)NCC2C)no1. The third-order valence-corrected chi connectivity index (χ3v) is 4.38. The number of hydrogen-bond acceptors (Lipinski definition) is 4. The number of piperazine rings is 1. The van der Waals surface area contributed by atoms with Crippen LogP contribution in [0.3, 0.4) is 0 Å². The fraction of sp³-hybridized carbons (Fsp3) is 0.471. The Morgan fingerprint density at radius 3 is 2.81 bits per heavy atom. The summed E-state index contributed by atoms with van der Waals surface area (Å²) in [6, 6.07) is 13.2. The number of nitrogens with one attached hydrogen (secondary N) is 1. The lowest BCUT2D eigenvalue weighted by Crippen LogP contribution is -2.59. The number of hydrogen-bond donors (Lipinski definition) is 1. The Kier molecular flexibility index (Phi) is 3.83. The Balaban J connectivity index is 1.78. The Bertz CT molecular complexity index is 595. The first-order valence-corrected chi connectivity index (χ1v) is 7.54. The van der Waals surface area contributed by atoms with Crippen molar-refractivity contribution in [3.63, 3.8) is 0 Å². The maximum atomic E-state index is 5.19. The van der Waals surface area contributed by atoms with Crippen LogP contribution < -0.4 is 5.32 Å². The minimum Gasteiger partial charge on any atom is -0.361 e. The monoisotopic (exact) mass is 285 g/mol. The molecule has 112 valence electrons. The van der Waals surface area contributed by atoms with Crippen LogP contribution in [-0.4, -0.2) is 29.2 Å². The molecule has 0 bridgehead atoms. The summed E-state index contributed by atoms with van der Waals surface area (Å²) in [6.45, 7) is 9.24. The second-order valence-corrected chi connectivity index (χ2v) is 6.26. The smallest absolute Gasteiger partial charge is 0.133 e. The van der Waals surface area contributed by atoms with Crippen LogP contribution in [0.25, 0.3) is 0 Å². The lowest BCUT2D eigenvalue weighted by atomic mass is 9.88. The summed E-state index contributed by atoms with van der Waals surface area (Å²) in [5, 5.41) is 7.82. The highest BCUT2D eigenvalue weighted by Gasteiger charge is 2.35. The van der Waals surface area contributed by atoms with Gasteiger partial charge in [0.15, 0.2) is 0 Å². The van der Waals surface area contributed by atoms with Crippen molar-refractivity contribution >= 4 is 0 Å². The second-order valence-electron chi connectivity index (χ2n) is 6.26. The van der Waals surface area contributed by atoms with Crippen molar-refractivity contribution in [1.82, 2.24) is 15.4 Å². The number of rotatable bonds is 3. The zero-order valence-corrected chi connectivity index (χ0v) is 13.0. The Labute approximate surface area is 126 Å². The summed E-state index contributed by atoms with van der Waals surface area (Å²) in [4.78, 5) is 2.47. The van der Waals surface area contributed by atoms with E-state index < -0.39 is 0 Å². The van der Waals surface area contributed by atoms with Gasteiger partial charge >= 0.3 is 0 Å². The molecule has 4 heteroatoms. The fourth-order valence-electron chi connectivity index (χ4n) is 3.03. The lowest BCUT2D eigenvalue weighted by Gasteiger charge is -2.45. The highest BCUT2D eigenvalue weighted by Crippen LogP contribution is 2.27. The second kappa shape index (κ2) is 5.62. The first kappa shape index (κ1) is 14.3. The molecule has 1 aromatic carbocycles. The molecule has 0 aliphatic carbocycles. The van der Waals surface area contributed by atoms with Gasteiger partial charge in [-0.3, -0.25) is 4.90 Å². The predicted molar refractivity (Wildman–Crippen MR) is 82.9 cm³/mol. The minimum absolute atomic E-state index is 0.0213. The van der Waals surface area contributed by atoms with Gasteiger partial charge in [-0.2, -0.15) is 0 Å². The summed E-state index contributed by atoms with van der Waals surface area (Å²) >= 11 is 0. The molecule has 0 spiro atoms. The van der Waals surface area contributed by atoms with Gasteiger partial charge in [-0.05, 0) is 26.3 Å². The van der Waals surface area contributed by atoms with Gasteiger partial charge in [-0.15, -0.1) is 0 Å². The summed E-state index contributed by atoms with van der Waals surface area (Å²) in [7, 11) is 0. The third-order valence-electron chi connectivity index (χ3n) is 4.38. The highest BCUT2D eigenvalue weighted by molar-refractivity contribution is 5.25. The van der Waals surface area contributed by atoms with E-state index in [1.54, 1.807) is 0 Å². The van der Waals surface area contributed by atoms with Crippen LogP contribution in [0.1, 0.15) is 30.9 Å². The molecule has 2 unspecified atom stereocenters. The number of nitrogens with zero attached hydrogens (tertiary/aromatic N) is 2. The molecule has 0 radical (unpaired) electrons. The molecular weight excluding hydrogens is 262 g/mol. The van der Waals surface area contributed by atoms with E-state index in [1.165, 1.54) is 5.56 Å². The summed E-state index contributed by atoms with van der Waals surface area (Å²) in [5.41, 5.74) is 2.32. The van der Waals surface area contributed by atoms with Gasteiger partial charge in [0.05, 0.1) is 11.2 Å². The Hall–Kier alpha value is -1.65. The number of aryl methyl sites for hydroxylation is 1. The zero-order valence-electron chi connectivity index (χ0n) is 13.0. The molecule has 2 atom stereocenters. The van der Waals surface area contributed by atoms with Gasteiger partial charge in [-0.25, -0.2) is 0 Å². The van der Waals surface area contributed by atoms with Gasteiger partial charge < -0.3 is 9.84 Å². The molecule has 1 saturated heterocycles. The largest absolute Gasteiger partial charge is 0.361 e. The van der Waals surface area contributed by atoms with E-state index in [2.05, 4.69) is 59.6 Å². The lowest BCUT2D eigenvalue weighted by molar-refractivity contribution is 0.0856. The molecule has 4 nitrogen and oxygen atoms in total. The molecule has 2 aromatic rings. The average molecular weight is 285 g/mol. The predicted octanol–water partition coefficient (Wildman–Crippen LogP) is 2.69. The quantitative estimate of drug-likeness (QED) is 0.941. The summed E-state index contributed by atoms with van der Waals surface area (Å²) in [6.07, 6.45) is 0. The molecule has 1 N–H and O–H groups in total. The van der Waals surface area contributed by atoms with Crippen LogP contribution in [0, 0.1) is 6.92 Å². The Morgan fingerprint density at radius 1 is 1.38 bits per heavy atom. The molecule has 1 aliphatic heterocycles. The van der Waals surface area contributed by atoms with Crippen LogP contribution >= 0.6 is 0 Å². The number of aromatic nitrogens is 1. The summed E-state index contributed by atoms with van der Waals surface area (Å²) < 4.78 is 5.19. The van der Waals surface area contributed by atoms with E-state index in [9.17, 15) is 0 Å². The van der Waals surface area contributed by atoms with Crippen molar-refractivity contribution in [2.24, 2.45) is 0 Å². The molecule has 0 saturated carbocycles. The maximum Gasteiger partial charge on any atom is 0.133 e. The maximum absolute atomic E-state index is 5.19. The molecule has 2 heterocycles. The van der Waals surface area contributed by atoms with Gasteiger partial charge in [0, 0.05) is 31.7 Å². The van der Waals surface area contributed by atoms with Gasteiger partial charge in [0.2, 0.25) is 0 Å². The third kappa shape index (κ3) is 3.01. The standard InChI is InChI=1S/C17H23N3O/c1-13-10-18-17(3,15-7-5-4-6-8-15)12-20(13)11-16-9-14(2)21-19-16/h4-9,13,18H,10-12H2,1-3H3. The molecule has 1 fully saturated rings. The summed E-state index contributed by atoms with van der Waals surface area (Å²) in [5.74, 6) is 0.874. The van der Waals surface area contributed by atoms with E-state index in [0.717, 1.165) is 31.1 Å². The fourth-order valence-corrected chi connectivity index (χ4v) is 3.03. The topological polar surface area (TPSA) is 41.3 Å². The van der Waals surface area contributed by atoms with Crippen molar-refractivity contribution in [2.45, 2.75) is 38.9 Å². The zero-order chi connectivity index (χ0) is 14.9. The van der Waals surface area contributed by atoms with Crippen LogP contribution in [-0.2, 0) is 12.1 Å². The van der Waals surface area contributed by atoms with E-state index in [0.29, 0.717) is 6.04 Å². The van der Waals surface area contributed by atoms with Gasteiger partial charge in [0.25, 0.3) is 0 Å². The first-order valence-electron chi connectivity index (χ1n) is 7.54. The molecular formula is C17H23N3O. The van der Waals surface area contributed by atoms with Gasteiger partial charge in [0.1, 0.15) is 5.76 Å². The molecule has 1 aromatic heterocycles. The molecule has 21 heavy (non-hydrogen) atoms. The molecule has 1 aliphatic rings. The van der Waals surface area contributed by atoms with Crippen LogP contribution in [0.15, 0.2) is 40.9 Å².